The highest BCUT2D eigenvalue weighted by Crippen LogP contribution is 2.50. The standard InChI is InChI=1S/C26H17ClF13NO2/c27-15-6-13(5-14(8-15)24(32,33)34)17(25(35,36)37)9-19(28)12-1-2-16(18(7-12)26(38,39)40)20(42)10-22(3-4-22)21(43)41-11-23(29,30)31/h1-2,5-9,17H,3-4,10-11H2,(H,41,43)/b19-9-. The minimum absolute atomic E-state index is 0.00505. The molecule has 0 radical (unpaired) electrons. The largest absolute Gasteiger partial charge is 0.417 e. The van der Waals surface area contributed by atoms with E-state index in [2.05, 4.69) is 0 Å². The normalized spacial score (nSPS) is 16.6. The molecule has 236 valence electrons. The van der Waals surface area contributed by atoms with Gasteiger partial charge < -0.3 is 5.32 Å². The topological polar surface area (TPSA) is 46.2 Å². The molecule has 43 heavy (non-hydrogen) atoms. The smallest absolute Gasteiger partial charge is 0.346 e. The molecule has 1 saturated carbocycles. The van der Waals surface area contributed by atoms with Crippen LogP contribution in [0.3, 0.4) is 0 Å². The third-order valence-electron chi connectivity index (χ3n) is 6.46. The van der Waals surface area contributed by atoms with Crippen LogP contribution in [0.5, 0.6) is 0 Å². The van der Waals surface area contributed by atoms with Crippen LogP contribution in [0.2, 0.25) is 5.02 Å². The number of Topliss-reactive ketones (excluding diaryl/α,β-unsaturated/α-hetero) is 1. The molecule has 2 aromatic rings. The monoisotopic (exact) mass is 657 g/mol. The molecule has 17 heteroatoms. The molecule has 0 saturated heterocycles. The number of allylic oxidation sites excluding steroid dienone is 1. The molecule has 1 atom stereocenters. The van der Waals surface area contributed by atoms with Gasteiger partial charge in [-0.25, -0.2) is 4.39 Å². The molecule has 1 aliphatic rings. The van der Waals surface area contributed by atoms with E-state index in [1.165, 1.54) is 0 Å². The van der Waals surface area contributed by atoms with Crippen LogP contribution in [0.4, 0.5) is 57.1 Å². The summed E-state index contributed by atoms with van der Waals surface area (Å²) in [6, 6.07) is 1.76. The van der Waals surface area contributed by atoms with E-state index < -0.39 is 99.4 Å². The zero-order chi connectivity index (χ0) is 32.8. The first-order chi connectivity index (χ1) is 19.4. The highest BCUT2D eigenvalue weighted by atomic mass is 35.5. The summed E-state index contributed by atoms with van der Waals surface area (Å²) in [7, 11) is 0. The van der Waals surface area contributed by atoms with Gasteiger partial charge in [-0.3, -0.25) is 9.59 Å². The summed E-state index contributed by atoms with van der Waals surface area (Å²) >= 11 is 5.52. The molecular weight excluding hydrogens is 641 g/mol. The fourth-order valence-corrected chi connectivity index (χ4v) is 4.40. The first-order valence-electron chi connectivity index (χ1n) is 11.8. The van der Waals surface area contributed by atoms with Gasteiger partial charge in [-0.2, -0.15) is 52.7 Å². The van der Waals surface area contributed by atoms with Crippen molar-refractivity contribution in [2.24, 2.45) is 5.41 Å². The van der Waals surface area contributed by atoms with Crippen molar-refractivity contribution < 1.29 is 66.7 Å². The molecule has 1 fully saturated rings. The Bertz CT molecular complexity index is 1420. The minimum atomic E-state index is -5.43. The minimum Gasteiger partial charge on any atom is -0.346 e. The van der Waals surface area contributed by atoms with Crippen LogP contribution < -0.4 is 5.32 Å². The Kier molecular flexibility index (Phi) is 9.27. The number of carbonyl (C=O) groups excluding carboxylic acids is 2. The molecule has 0 heterocycles. The highest BCUT2D eigenvalue weighted by Gasteiger charge is 2.52. The Hall–Kier alpha value is -3.30. The molecular formula is C26H17ClF13NO2. The number of amides is 1. The van der Waals surface area contributed by atoms with Gasteiger partial charge in [0.2, 0.25) is 5.91 Å². The van der Waals surface area contributed by atoms with E-state index in [4.69, 9.17) is 11.6 Å². The van der Waals surface area contributed by atoms with Gasteiger partial charge in [0, 0.05) is 22.6 Å². The Morgan fingerprint density at radius 2 is 1.49 bits per heavy atom. The third kappa shape index (κ3) is 8.63. The van der Waals surface area contributed by atoms with Crippen molar-refractivity contribution in [1.29, 1.82) is 0 Å². The van der Waals surface area contributed by atoms with Gasteiger partial charge in [-0.1, -0.05) is 23.7 Å². The van der Waals surface area contributed by atoms with Gasteiger partial charge in [0.15, 0.2) is 5.78 Å². The molecule has 3 nitrogen and oxygen atoms in total. The van der Waals surface area contributed by atoms with Crippen molar-refractivity contribution >= 4 is 29.1 Å². The molecule has 0 aliphatic heterocycles. The molecule has 0 aromatic heterocycles. The Morgan fingerprint density at radius 1 is 0.884 bits per heavy atom. The molecule has 0 spiro atoms. The molecule has 2 aromatic carbocycles. The van der Waals surface area contributed by atoms with Gasteiger partial charge in [-0.05, 0) is 48.7 Å². The lowest BCUT2D eigenvalue weighted by Gasteiger charge is -2.20. The number of nitrogens with one attached hydrogen (secondary N) is 1. The van der Waals surface area contributed by atoms with Crippen LogP contribution in [-0.4, -0.2) is 30.6 Å². The molecule has 1 unspecified atom stereocenters. The second-order valence-corrected chi connectivity index (χ2v) is 10.2. The van der Waals surface area contributed by atoms with Gasteiger partial charge >= 0.3 is 24.7 Å². The number of ketones is 1. The summed E-state index contributed by atoms with van der Waals surface area (Å²) in [6.45, 7) is -1.75. The molecule has 1 N–H and O–H groups in total. The number of benzene rings is 2. The van der Waals surface area contributed by atoms with Crippen LogP contribution in [0.15, 0.2) is 42.5 Å². The van der Waals surface area contributed by atoms with E-state index >= 15 is 4.39 Å². The molecule has 3 rings (SSSR count). The quantitative estimate of drug-likeness (QED) is 0.228. The zero-order valence-corrected chi connectivity index (χ0v) is 21.8. The summed E-state index contributed by atoms with van der Waals surface area (Å²) in [4.78, 5) is 24.9. The maximum absolute atomic E-state index is 15.0. The zero-order valence-electron chi connectivity index (χ0n) is 21.1. The first-order valence-corrected chi connectivity index (χ1v) is 12.2. The van der Waals surface area contributed by atoms with E-state index in [-0.39, 0.29) is 31.1 Å². The SMILES string of the molecule is O=C(CC1(C(=O)NCC(F)(F)F)CC1)c1ccc(/C(F)=C/C(c2cc(Cl)cc(C(F)(F)F)c2)C(F)(F)F)cc1C(F)(F)F. The lowest BCUT2D eigenvalue weighted by Crippen LogP contribution is -2.39. The van der Waals surface area contributed by atoms with E-state index in [0.717, 1.165) is 0 Å². The lowest BCUT2D eigenvalue weighted by atomic mass is 9.90. The lowest BCUT2D eigenvalue weighted by molar-refractivity contribution is -0.142. The number of rotatable bonds is 8. The van der Waals surface area contributed by atoms with Crippen molar-refractivity contribution in [1.82, 2.24) is 5.32 Å². The van der Waals surface area contributed by atoms with Crippen molar-refractivity contribution in [2.45, 2.75) is 49.9 Å². The Balaban J connectivity index is 1.98. The fourth-order valence-electron chi connectivity index (χ4n) is 4.15. The number of hydrogen-bond donors (Lipinski definition) is 1. The Morgan fingerprint density at radius 3 is 1.98 bits per heavy atom. The molecule has 1 amide bonds. The van der Waals surface area contributed by atoms with Crippen LogP contribution >= 0.6 is 11.6 Å². The van der Waals surface area contributed by atoms with Crippen LogP contribution in [0, 0.1) is 5.41 Å². The maximum atomic E-state index is 15.0. The Labute approximate surface area is 238 Å². The number of carbonyl (C=O) groups is 2. The fraction of sp³-hybridized carbons (Fsp3) is 0.385. The number of alkyl halides is 12. The van der Waals surface area contributed by atoms with Crippen LogP contribution in [0.1, 0.15) is 57.8 Å². The van der Waals surface area contributed by atoms with Gasteiger partial charge in [-0.15, -0.1) is 0 Å². The van der Waals surface area contributed by atoms with Crippen molar-refractivity contribution in [3.8, 4) is 0 Å². The summed E-state index contributed by atoms with van der Waals surface area (Å²) < 4.78 is 174. The summed E-state index contributed by atoms with van der Waals surface area (Å²) in [5, 5.41) is 0.770. The van der Waals surface area contributed by atoms with E-state index in [1.54, 1.807) is 5.32 Å². The van der Waals surface area contributed by atoms with Gasteiger partial charge in [0.1, 0.15) is 18.3 Å². The molecule has 0 bridgehead atoms. The third-order valence-corrected chi connectivity index (χ3v) is 6.68. The molecule has 1 aliphatic carbocycles. The second-order valence-electron chi connectivity index (χ2n) is 9.74. The van der Waals surface area contributed by atoms with Crippen molar-refractivity contribution in [3.05, 3.63) is 75.3 Å². The maximum Gasteiger partial charge on any atom is 0.417 e. The van der Waals surface area contributed by atoms with E-state index in [1.807, 2.05) is 0 Å². The average molecular weight is 658 g/mol. The van der Waals surface area contributed by atoms with Crippen LogP contribution in [-0.2, 0) is 17.1 Å². The second kappa shape index (κ2) is 11.7. The highest BCUT2D eigenvalue weighted by molar-refractivity contribution is 6.30. The number of hydrogen-bond acceptors (Lipinski definition) is 2. The number of halogens is 14. The van der Waals surface area contributed by atoms with Gasteiger partial charge in [0.25, 0.3) is 0 Å². The predicted molar refractivity (Wildman–Crippen MR) is 125 cm³/mol. The summed E-state index contributed by atoms with van der Waals surface area (Å²) in [5.41, 5.74) is -8.54. The van der Waals surface area contributed by atoms with E-state index in [0.29, 0.717) is 24.3 Å². The first kappa shape index (κ1) is 34.2. The van der Waals surface area contributed by atoms with Crippen molar-refractivity contribution in [3.63, 3.8) is 0 Å². The van der Waals surface area contributed by atoms with E-state index in [9.17, 15) is 62.3 Å². The average Bonchev–Trinajstić information content (AvgIpc) is 3.63. The summed E-state index contributed by atoms with van der Waals surface area (Å²) in [5.74, 6) is -7.60. The predicted octanol–water partition coefficient (Wildman–Crippen LogP) is 9.07. The van der Waals surface area contributed by atoms with Crippen LogP contribution in [0.25, 0.3) is 5.83 Å². The summed E-state index contributed by atoms with van der Waals surface area (Å²) in [6.07, 6.45) is -22.2. The van der Waals surface area contributed by atoms with Gasteiger partial charge in [0.05, 0.1) is 16.5 Å². The van der Waals surface area contributed by atoms with Crippen molar-refractivity contribution in [2.75, 3.05) is 6.54 Å².